The van der Waals surface area contributed by atoms with Gasteiger partial charge in [0.2, 0.25) is 5.91 Å². The molecule has 0 aliphatic heterocycles. The van der Waals surface area contributed by atoms with Crippen LogP contribution in [0.5, 0.6) is 0 Å². The fraction of sp³-hybridized carbons (Fsp3) is 0.316. The number of hydrogen-bond donors (Lipinski definition) is 1. The minimum atomic E-state index is 0.0682. The average molecular weight is 313 g/mol. The van der Waals surface area contributed by atoms with E-state index in [1.54, 1.807) is 11.8 Å². The van der Waals surface area contributed by atoms with Gasteiger partial charge in [0, 0.05) is 0 Å². The summed E-state index contributed by atoms with van der Waals surface area (Å²) in [5.41, 5.74) is 2.51. The first kappa shape index (κ1) is 16.6. The number of carbonyl (C=O) groups is 1. The molecule has 2 rings (SSSR count). The van der Waals surface area contributed by atoms with Gasteiger partial charge in [-0.1, -0.05) is 60.7 Å². The lowest BCUT2D eigenvalue weighted by atomic mass is 10.1. The van der Waals surface area contributed by atoms with Crippen LogP contribution in [0.1, 0.15) is 30.5 Å². The Kier molecular flexibility index (Phi) is 7.04. The van der Waals surface area contributed by atoms with Crippen LogP contribution in [0.15, 0.2) is 60.7 Å². The molecule has 0 fully saturated rings. The number of thioether (sulfide) groups is 1. The first-order valence-electron chi connectivity index (χ1n) is 7.71. The van der Waals surface area contributed by atoms with Gasteiger partial charge in [0.1, 0.15) is 0 Å². The van der Waals surface area contributed by atoms with Crippen molar-refractivity contribution in [3.05, 3.63) is 71.8 Å². The fourth-order valence-corrected chi connectivity index (χ4v) is 3.06. The highest BCUT2D eigenvalue weighted by atomic mass is 32.2. The minimum Gasteiger partial charge on any atom is -0.349 e. The van der Waals surface area contributed by atoms with E-state index in [-0.39, 0.29) is 11.9 Å². The summed E-state index contributed by atoms with van der Waals surface area (Å²) in [6.45, 7) is 2.02. The van der Waals surface area contributed by atoms with Crippen molar-refractivity contribution < 1.29 is 4.79 Å². The van der Waals surface area contributed by atoms with E-state index in [0.717, 1.165) is 24.2 Å². The van der Waals surface area contributed by atoms with Gasteiger partial charge in [-0.15, -0.1) is 0 Å². The second-order valence-corrected chi connectivity index (χ2v) is 6.45. The van der Waals surface area contributed by atoms with Crippen LogP contribution in [0.4, 0.5) is 0 Å². The van der Waals surface area contributed by atoms with Gasteiger partial charge in [-0.3, -0.25) is 4.79 Å². The van der Waals surface area contributed by atoms with Crippen LogP contribution in [-0.4, -0.2) is 17.4 Å². The van der Waals surface area contributed by atoms with E-state index in [2.05, 4.69) is 29.6 Å². The number of hydrogen-bond acceptors (Lipinski definition) is 2. The first-order valence-corrected chi connectivity index (χ1v) is 8.87. The van der Waals surface area contributed by atoms with Crippen molar-refractivity contribution in [2.24, 2.45) is 0 Å². The maximum atomic E-state index is 11.9. The summed E-state index contributed by atoms with van der Waals surface area (Å²) in [6.07, 6.45) is 2.19. The Bertz CT molecular complexity index is 556. The Balaban J connectivity index is 1.60. The lowest BCUT2D eigenvalue weighted by Gasteiger charge is -2.14. The molecule has 2 aromatic rings. The monoisotopic (exact) mass is 313 g/mol. The lowest BCUT2D eigenvalue weighted by molar-refractivity contribution is -0.119. The molecule has 1 atom stereocenters. The lowest BCUT2D eigenvalue weighted by Crippen LogP contribution is -2.28. The largest absolute Gasteiger partial charge is 0.349 e. The Morgan fingerprint density at radius 1 is 1.05 bits per heavy atom. The molecule has 116 valence electrons. The molecule has 0 spiro atoms. The Hall–Kier alpha value is -1.74. The van der Waals surface area contributed by atoms with Crippen molar-refractivity contribution in [3.63, 3.8) is 0 Å². The number of benzene rings is 2. The average Bonchev–Trinajstić information content (AvgIpc) is 2.56. The highest BCUT2D eigenvalue weighted by molar-refractivity contribution is 7.99. The van der Waals surface area contributed by atoms with Crippen LogP contribution in [0.3, 0.4) is 0 Å². The van der Waals surface area contributed by atoms with E-state index < -0.39 is 0 Å². The van der Waals surface area contributed by atoms with Crippen molar-refractivity contribution in [1.29, 1.82) is 0 Å². The molecule has 2 aromatic carbocycles. The molecule has 22 heavy (non-hydrogen) atoms. The van der Waals surface area contributed by atoms with Crippen molar-refractivity contribution in [2.75, 3.05) is 11.5 Å². The third-order valence-corrected chi connectivity index (χ3v) is 4.55. The molecule has 2 nitrogen and oxygen atoms in total. The van der Waals surface area contributed by atoms with E-state index in [1.165, 1.54) is 5.56 Å². The molecule has 0 radical (unpaired) electrons. The molecule has 0 aliphatic carbocycles. The molecule has 0 saturated heterocycles. The topological polar surface area (TPSA) is 29.1 Å². The number of aryl methyl sites for hydroxylation is 1. The van der Waals surface area contributed by atoms with Crippen LogP contribution in [0.2, 0.25) is 0 Å². The zero-order valence-electron chi connectivity index (χ0n) is 13.0. The summed E-state index contributed by atoms with van der Waals surface area (Å²) in [5, 5.41) is 3.04. The predicted octanol–water partition coefficient (Wildman–Crippen LogP) is 4.23. The first-order chi connectivity index (χ1) is 10.8. The summed E-state index contributed by atoms with van der Waals surface area (Å²) >= 11 is 1.71. The van der Waals surface area contributed by atoms with Gasteiger partial charge in [-0.2, -0.15) is 11.8 Å². The third kappa shape index (κ3) is 5.94. The molecule has 1 amide bonds. The maximum Gasteiger partial charge on any atom is 0.230 e. The quantitative estimate of drug-likeness (QED) is 0.739. The number of nitrogens with one attached hydrogen (secondary N) is 1. The molecule has 1 N–H and O–H groups in total. The SMILES string of the molecule is C[C@H](NC(=O)CSCCCc1ccccc1)c1ccccc1. The Morgan fingerprint density at radius 2 is 1.68 bits per heavy atom. The van der Waals surface area contributed by atoms with Gasteiger partial charge in [0.15, 0.2) is 0 Å². The van der Waals surface area contributed by atoms with Crippen LogP contribution in [0, 0.1) is 0 Å². The number of amides is 1. The van der Waals surface area contributed by atoms with E-state index in [9.17, 15) is 4.79 Å². The molecule has 0 bridgehead atoms. The standard InChI is InChI=1S/C19H23NOS/c1-16(18-12-6-3-7-13-18)20-19(21)15-22-14-8-11-17-9-4-2-5-10-17/h2-7,9-10,12-13,16H,8,11,14-15H2,1H3,(H,20,21)/t16-/m0/s1. The molecule has 0 heterocycles. The van der Waals surface area contributed by atoms with Crippen LogP contribution in [0.25, 0.3) is 0 Å². The third-order valence-electron chi connectivity index (χ3n) is 3.51. The molecular weight excluding hydrogens is 290 g/mol. The van der Waals surface area contributed by atoms with Gasteiger partial charge in [-0.25, -0.2) is 0 Å². The van der Waals surface area contributed by atoms with Crippen LogP contribution < -0.4 is 5.32 Å². The van der Waals surface area contributed by atoms with Crippen molar-refractivity contribution in [1.82, 2.24) is 5.32 Å². The zero-order chi connectivity index (χ0) is 15.6. The summed E-state index contributed by atoms with van der Waals surface area (Å²) in [6, 6.07) is 20.6. The number of rotatable bonds is 8. The Morgan fingerprint density at radius 3 is 2.36 bits per heavy atom. The van der Waals surface area contributed by atoms with E-state index in [4.69, 9.17) is 0 Å². The molecule has 0 saturated carbocycles. The van der Waals surface area contributed by atoms with E-state index in [1.807, 2.05) is 43.3 Å². The molecule has 0 aromatic heterocycles. The molecule has 0 unspecified atom stereocenters. The molecule has 0 aliphatic rings. The van der Waals surface area contributed by atoms with Crippen LogP contribution >= 0.6 is 11.8 Å². The highest BCUT2D eigenvalue weighted by Crippen LogP contribution is 2.12. The normalized spacial score (nSPS) is 11.9. The van der Waals surface area contributed by atoms with Crippen molar-refractivity contribution >= 4 is 17.7 Å². The Labute approximate surface area is 137 Å². The predicted molar refractivity (Wildman–Crippen MR) is 95.1 cm³/mol. The second-order valence-electron chi connectivity index (χ2n) is 5.34. The second kappa shape index (κ2) is 9.31. The zero-order valence-corrected chi connectivity index (χ0v) is 13.8. The summed E-state index contributed by atoms with van der Waals surface area (Å²) in [5.74, 6) is 1.66. The van der Waals surface area contributed by atoms with E-state index >= 15 is 0 Å². The van der Waals surface area contributed by atoms with Crippen molar-refractivity contribution in [2.45, 2.75) is 25.8 Å². The number of carbonyl (C=O) groups excluding carboxylic acids is 1. The summed E-state index contributed by atoms with van der Waals surface area (Å²) in [4.78, 5) is 11.9. The smallest absolute Gasteiger partial charge is 0.230 e. The summed E-state index contributed by atoms with van der Waals surface area (Å²) < 4.78 is 0. The summed E-state index contributed by atoms with van der Waals surface area (Å²) in [7, 11) is 0. The molecular formula is C19H23NOS. The minimum absolute atomic E-state index is 0.0682. The molecule has 3 heteroatoms. The van der Waals surface area contributed by atoms with Gasteiger partial charge >= 0.3 is 0 Å². The fourth-order valence-electron chi connectivity index (χ4n) is 2.30. The van der Waals surface area contributed by atoms with Crippen molar-refractivity contribution in [3.8, 4) is 0 Å². The van der Waals surface area contributed by atoms with E-state index in [0.29, 0.717) is 5.75 Å². The highest BCUT2D eigenvalue weighted by Gasteiger charge is 2.08. The van der Waals surface area contributed by atoms with Gasteiger partial charge in [0.25, 0.3) is 0 Å². The maximum absolute atomic E-state index is 11.9. The van der Waals surface area contributed by atoms with Crippen LogP contribution in [-0.2, 0) is 11.2 Å². The van der Waals surface area contributed by atoms with Gasteiger partial charge in [-0.05, 0) is 36.6 Å². The van der Waals surface area contributed by atoms with Gasteiger partial charge < -0.3 is 5.32 Å². The van der Waals surface area contributed by atoms with Gasteiger partial charge in [0.05, 0.1) is 11.8 Å².